The van der Waals surface area contributed by atoms with E-state index >= 15 is 0 Å². The van der Waals surface area contributed by atoms with E-state index in [1.54, 1.807) is 6.07 Å². The number of hydrogen-bond acceptors (Lipinski definition) is 1. The molecule has 0 aliphatic rings. The topological polar surface area (TPSA) is 22.0 Å². The van der Waals surface area contributed by atoms with E-state index in [4.69, 9.17) is 0 Å². The first-order valence-electron chi connectivity index (χ1n) is 9.42. The molecule has 5 aromatic rings. The summed E-state index contributed by atoms with van der Waals surface area (Å²) in [6.45, 7) is 2.07. The fourth-order valence-electron chi connectivity index (χ4n) is 3.87. The molecule has 1 heterocycles. The van der Waals surface area contributed by atoms with Crippen molar-refractivity contribution in [3.05, 3.63) is 113 Å². The molecule has 2 heteroatoms. The third kappa shape index (κ3) is 2.62. The van der Waals surface area contributed by atoms with Crippen LogP contribution in [0.1, 0.15) is 5.56 Å². The average Bonchev–Trinajstić information content (AvgIpc) is 2.74. The molecule has 28 heavy (non-hydrogen) atoms. The molecule has 2 nitrogen and oxygen atoms in total. The molecular weight excluding hydrogens is 342 g/mol. The van der Waals surface area contributed by atoms with Crippen molar-refractivity contribution in [3.8, 4) is 16.9 Å². The van der Waals surface area contributed by atoms with Gasteiger partial charge in [0.15, 0.2) is 5.43 Å². The lowest BCUT2D eigenvalue weighted by molar-refractivity contribution is 1.12. The first-order chi connectivity index (χ1) is 13.7. The van der Waals surface area contributed by atoms with Gasteiger partial charge < -0.3 is 4.57 Å². The van der Waals surface area contributed by atoms with Crippen molar-refractivity contribution in [3.63, 3.8) is 0 Å². The Morgan fingerprint density at radius 1 is 0.679 bits per heavy atom. The Hall–Kier alpha value is -3.65. The number of pyridine rings is 1. The van der Waals surface area contributed by atoms with Crippen molar-refractivity contribution < 1.29 is 0 Å². The number of aromatic nitrogens is 1. The quantitative estimate of drug-likeness (QED) is 0.371. The molecule has 0 aliphatic carbocycles. The monoisotopic (exact) mass is 361 g/mol. The van der Waals surface area contributed by atoms with Crippen molar-refractivity contribution in [2.75, 3.05) is 0 Å². The predicted octanol–water partition coefficient (Wildman–Crippen LogP) is 6.12. The maximum Gasteiger partial charge on any atom is 0.190 e. The minimum absolute atomic E-state index is 0.0441. The highest BCUT2D eigenvalue weighted by molar-refractivity contribution is 5.94. The summed E-state index contributed by atoms with van der Waals surface area (Å²) >= 11 is 0. The molecule has 0 bridgehead atoms. The molecule has 0 unspecified atom stereocenters. The normalized spacial score (nSPS) is 11.2. The molecule has 0 radical (unpaired) electrons. The van der Waals surface area contributed by atoms with Crippen LogP contribution in [0.15, 0.2) is 102 Å². The van der Waals surface area contributed by atoms with Gasteiger partial charge in [0.2, 0.25) is 0 Å². The number of nitrogens with zero attached hydrogens (tertiary/aromatic N) is 1. The van der Waals surface area contributed by atoms with Crippen molar-refractivity contribution in [1.29, 1.82) is 0 Å². The zero-order valence-corrected chi connectivity index (χ0v) is 15.6. The zero-order valence-electron chi connectivity index (χ0n) is 15.6. The van der Waals surface area contributed by atoms with Gasteiger partial charge >= 0.3 is 0 Å². The van der Waals surface area contributed by atoms with E-state index in [1.165, 1.54) is 10.9 Å². The van der Waals surface area contributed by atoms with Crippen LogP contribution < -0.4 is 5.43 Å². The van der Waals surface area contributed by atoms with Crippen LogP contribution >= 0.6 is 0 Å². The molecular formula is C26H19NO. The largest absolute Gasteiger partial charge is 0.308 e. The number of fused-ring (bicyclic) bond motifs is 2. The molecule has 4 aromatic carbocycles. The Kier molecular flexibility index (Phi) is 3.84. The van der Waals surface area contributed by atoms with Gasteiger partial charge in [0.1, 0.15) is 0 Å². The molecule has 5 rings (SSSR count). The molecule has 0 saturated carbocycles. The van der Waals surface area contributed by atoms with Crippen LogP contribution in [-0.4, -0.2) is 4.57 Å². The van der Waals surface area contributed by atoms with Crippen LogP contribution in [0.5, 0.6) is 0 Å². The van der Waals surface area contributed by atoms with Crippen molar-refractivity contribution in [2.24, 2.45) is 0 Å². The van der Waals surface area contributed by atoms with Crippen LogP contribution in [0.2, 0.25) is 0 Å². The van der Waals surface area contributed by atoms with E-state index in [-0.39, 0.29) is 5.43 Å². The van der Waals surface area contributed by atoms with E-state index in [9.17, 15) is 4.79 Å². The second kappa shape index (κ2) is 6.50. The highest BCUT2D eigenvalue weighted by Crippen LogP contribution is 2.31. The van der Waals surface area contributed by atoms with E-state index in [2.05, 4.69) is 78.2 Å². The van der Waals surface area contributed by atoms with E-state index in [0.717, 1.165) is 33.2 Å². The molecule has 134 valence electrons. The van der Waals surface area contributed by atoms with Crippen LogP contribution in [0.4, 0.5) is 0 Å². The van der Waals surface area contributed by atoms with Crippen molar-refractivity contribution in [2.45, 2.75) is 6.92 Å². The molecule has 0 spiro atoms. The molecule has 0 amide bonds. The van der Waals surface area contributed by atoms with Crippen LogP contribution in [0.25, 0.3) is 38.6 Å². The summed E-state index contributed by atoms with van der Waals surface area (Å²) in [7, 11) is 0. The van der Waals surface area contributed by atoms with E-state index in [1.807, 2.05) is 24.3 Å². The summed E-state index contributed by atoms with van der Waals surface area (Å²) < 4.78 is 2.21. The van der Waals surface area contributed by atoms with Crippen molar-refractivity contribution in [1.82, 2.24) is 4.57 Å². The maximum atomic E-state index is 12.9. The highest BCUT2D eigenvalue weighted by atomic mass is 16.1. The highest BCUT2D eigenvalue weighted by Gasteiger charge is 2.14. The molecule has 0 saturated heterocycles. The van der Waals surface area contributed by atoms with Gasteiger partial charge in [-0.15, -0.1) is 0 Å². The Morgan fingerprint density at radius 3 is 2.18 bits per heavy atom. The van der Waals surface area contributed by atoms with E-state index < -0.39 is 0 Å². The molecule has 0 fully saturated rings. The van der Waals surface area contributed by atoms with Gasteiger partial charge in [-0.2, -0.15) is 0 Å². The fourth-order valence-corrected chi connectivity index (χ4v) is 3.87. The molecule has 0 atom stereocenters. The Morgan fingerprint density at radius 2 is 1.36 bits per heavy atom. The third-order valence-corrected chi connectivity index (χ3v) is 5.27. The third-order valence-electron chi connectivity index (χ3n) is 5.27. The number of para-hydroxylation sites is 1. The number of aryl methyl sites for hydroxylation is 1. The summed E-state index contributed by atoms with van der Waals surface area (Å²) in [5, 5.41) is 3.07. The lowest BCUT2D eigenvalue weighted by Gasteiger charge is -2.19. The smallest absolute Gasteiger partial charge is 0.190 e. The zero-order chi connectivity index (χ0) is 19.1. The lowest BCUT2D eigenvalue weighted by atomic mass is 10.0. The SMILES string of the molecule is Cc1ccc(-c2cc(=O)c3ccccc3n2-c2cccc3ccccc23)cc1. The van der Waals surface area contributed by atoms with Gasteiger partial charge in [0, 0.05) is 16.8 Å². The average molecular weight is 361 g/mol. The lowest BCUT2D eigenvalue weighted by Crippen LogP contribution is -2.11. The van der Waals surface area contributed by atoms with Gasteiger partial charge in [-0.25, -0.2) is 0 Å². The predicted molar refractivity (Wildman–Crippen MR) is 117 cm³/mol. The summed E-state index contributed by atoms with van der Waals surface area (Å²) in [6.07, 6.45) is 0. The summed E-state index contributed by atoms with van der Waals surface area (Å²) in [4.78, 5) is 12.9. The Balaban J connectivity index is 1.96. The van der Waals surface area contributed by atoms with Gasteiger partial charge in [0.05, 0.1) is 16.9 Å². The Labute approximate surface area is 163 Å². The van der Waals surface area contributed by atoms with Crippen LogP contribution in [0.3, 0.4) is 0 Å². The van der Waals surface area contributed by atoms with Crippen molar-refractivity contribution >= 4 is 21.7 Å². The number of benzene rings is 4. The van der Waals surface area contributed by atoms with Gasteiger partial charge in [-0.05, 0) is 36.1 Å². The summed E-state index contributed by atoms with van der Waals surface area (Å²) in [5.41, 5.74) is 5.17. The van der Waals surface area contributed by atoms with Gasteiger partial charge in [-0.3, -0.25) is 4.79 Å². The summed E-state index contributed by atoms with van der Waals surface area (Å²) in [5.74, 6) is 0. The number of hydrogen-bond donors (Lipinski definition) is 0. The number of rotatable bonds is 2. The minimum atomic E-state index is 0.0441. The maximum absolute atomic E-state index is 12.9. The molecule has 0 N–H and O–H groups in total. The van der Waals surface area contributed by atoms with Crippen LogP contribution in [-0.2, 0) is 0 Å². The molecule has 0 aliphatic heterocycles. The first kappa shape index (κ1) is 16.5. The van der Waals surface area contributed by atoms with Gasteiger partial charge in [-0.1, -0.05) is 78.4 Å². The van der Waals surface area contributed by atoms with Gasteiger partial charge in [0.25, 0.3) is 0 Å². The first-order valence-corrected chi connectivity index (χ1v) is 9.42. The second-order valence-electron chi connectivity index (χ2n) is 7.11. The van der Waals surface area contributed by atoms with Crippen LogP contribution in [0, 0.1) is 6.92 Å². The minimum Gasteiger partial charge on any atom is -0.308 e. The molecule has 1 aromatic heterocycles. The van der Waals surface area contributed by atoms with E-state index in [0.29, 0.717) is 0 Å². The fraction of sp³-hybridized carbons (Fsp3) is 0.0385. The standard InChI is InChI=1S/C26H19NO/c1-18-13-15-20(16-14-18)25-17-26(28)22-10-4-5-11-24(22)27(25)23-12-6-8-19-7-2-3-9-21(19)23/h2-17H,1H3. The summed E-state index contributed by atoms with van der Waals surface area (Å²) in [6, 6.07) is 32.6. The Bertz CT molecular complexity index is 1370. The second-order valence-corrected chi connectivity index (χ2v) is 7.11.